The Morgan fingerprint density at radius 2 is 2.05 bits per heavy atom. The highest BCUT2D eigenvalue weighted by molar-refractivity contribution is 7.07. The Hall–Kier alpha value is -1.81. The third-order valence-corrected chi connectivity index (χ3v) is 4.33. The van der Waals surface area contributed by atoms with E-state index in [1.807, 2.05) is 36.1 Å². The Kier molecular flexibility index (Phi) is 4.25. The highest BCUT2D eigenvalue weighted by atomic mass is 32.1. The lowest BCUT2D eigenvalue weighted by atomic mass is 10.1. The average molecular weight is 301 g/mol. The maximum atomic E-state index is 12.7. The minimum atomic E-state index is 0.117. The molecule has 1 aromatic carbocycles. The Balaban J connectivity index is 1.74. The van der Waals surface area contributed by atoms with Crippen LogP contribution in [0, 0.1) is 0 Å². The minimum absolute atomic E-state index is 0.117. The summed E-state index contributed by atoms with van der Waals surface area (Å²) in [6.45, 7) is 3.30. The molecule has 1 amide bonds. The Morgan fingerprint density at radius 3 is 2.62 bits per heavy atom. The van der Waals surface area contributed by atoms with E-state index in [-0.39, 0.29) is 5.91 Å². The summed E-state index contributed by atoms with van der Waals surface area (Å²) in [5.74, 6) is 0.927. The molecule has 0 unspecified atom stereocenters. The van der Waals surface area contributed by atoms with Gasteiger partial charge >= 0.3 is 0 Å². The van der Waals surface area contributed by atoms with E-state index in [4.69, 9.17) is 4.74 Å². The molecule has 1 aliphatic rings. The molecule has 0 spiro atoms. The molecule has 3 rings (SSSR count). The molecule has 21 heavy (non-hydrogen) atoms. The second-order valence-electron chi connectivity index (χ2n) is 5.25. The van der Waals surface area contributed by atoms with Crippen molar-refractivity contribution in [3.05, 3.63) is 52.2 Å². The summed E-state index contributed by atoms with van der Waals surface area (Å²) in [6.07, 6.45) is 2.24. The Morgan fingerprint density at radius 1 is 1.29 bits per heavy atom. The van der Waals surface area contributed by atoms with Crippen molar-refractivity contribution in [2.24, 2.45) is 0 Å². The van der Waals surface area contributed by atoms with E-state index in [2.05, 4.69) is 16.8 Å². The second kappa shape index (κ2) is 6.31. The molecule has 0 aliphatic heterocycles. The van der Waals surface area contributed by atoms with Crippen molar-refractivity contribution in [2.75, 3.05) is 6.61 Å². The van der Waals surface area contributed by atoms with Gasteiger partial charge in [-0.3, -0.25) is 4.79 Å². The number of thiophene rings is 1. The SMILES string of the molecule is CCOc1ccc(C(=O)N(Cc2ccsc2)C2CC2)cc1. The van der Waals surface area contributed by atoms with E-state index in [9.17, 15) is 4.79 Å². The second-order valence-corrected chi connectivity index (χ2v) is 6.03. The zero-order valence-electron chi connectivity index (χ0n) is 12.1. The molecule has 1 aliphatic carbocycles. The lowest BCUT2D eigenvalue weighted by Gasteiger charge is -2.22. The molecule has 1 aromatic heterocycles. The van der Waals surface area contributed by atoms with Crippen molar-refractivity contribution in [2.45, 2.75) is 32.4 Å². The highest BCUT2D eigenvalue weighted by Gasteiger charge is 2.33. The molecule has 1 fully saturated rings. The number of carbonyl (C=O) groups is 1. The van der Waals surface area contributed by atoms with Gasteiger partial charge in [0, 0.05) is 18.2 Å². The Labute approximate surface area is 129 Å². The van der Waals surface area contributed by atoms with Crippen molar-refractivity contribution < 1.29 is 9.53 Å². The van der Waals surface area contributed by atoms with E-state index < -0.39 is 0 Å². The molecule has 4 heteroatoms. The van der Waals surface area contributed by atoms with Gasteiger partial charge in [0.15, 0.2) is 0 Å². The quantitative estimate of drug-likeness (QED) is 0.808. The van der Waals surface area contributed by atoms with E-state index >= 15 is 0 Å². The maximum Gasteiger partial charge on any atom is 0.254 e. The van der Waals surface area contributed by atoms with E-state index in [1.54, 1.807) is 11.3 Å². The molecular weight excluding hydrogens is 282 g/mol. The van der Waals surface area contributed by atoms with Gasteiger partial charge in [-0.1, -0.05) is 0 Å². The van der Waals surface area contributed by atoms with Crippen molar-refractivity contribution in [3.8, 4) is 5.75 Å². The monoisotopic (exact) mass is 301 g/mol. The Bertz CT molecular complexity index is 588. The minimum Gasteiger partial charge on any atom is -0.494 e. The predicted molar refractivity (Wildman–Crippen MR) is 84.8 cm³/mol. The number of hydrogen-bond donors (Lipinski definition) is 0. The number of nitrogens with zero attached hydrogens (tertiary/aromatic N) is 1. The standard InChI is InChI=1S/C17H19NO2S/c1-2-20-16-7-3-14(4-8-16)17(19)18(15-5-6-15)11-13-9-10-21-12-13/h3-4,7-10,12,15H,2,5-6,11H2,1H3. The largest absolute Gasteiger partial charge is 0.494 e. The van der Waals surface area contributed by atoms with E-state index in [1.165, 1.54) is 5.56 Å². The predicted octanol–water partition coefficient (Wildman–Crippen LogP) is 3.95. The van der Waals surface area contributed by atoms with Crippen LogP contribution in [0.15, 0.2) is 41.1 Å². The topological polar surface area (TPSA) is 29.5 Å². The normalized spacial score (nSPS) is 14.0. The van der Waals surface area contributed by atoms with Crippen LogP contribution in [-0.2, 0) is 6.54 Å². The number of amides is 1. The summed E-state index contributed by atoms with van der Waals surface area (Å²) >= 11 is 1.67. The molecule has 0 atom stereocenters. The van der Waals surface area contributed by atoms with Crippen molar-refractivity contribution in [3.63, 3.8) is 0 Å². The molecule has 3 nitrogen and oxygen atoms in total. The van der Waals surface area contributed by atoms with Crippen LogP contribution in [0.2, 0.25) is 0 Å². The van der Waals surface area contributed by atoms with Crippen LogP contribution in [0.25, 0.3) is 0 Å². The number of carbonyl (C=O) groups excluding carboxylic acids is 1. The summed E-state index contributed by atoms with van der Waals surface area (Å²) in [5, 5.41) is 4.17. The van der Waals surface area contributed by atoms with Crippen LogP contribution >= 0.6 is 11.3 Å². The summed E-state index contributed by atoms with van der Waals surface area (Å²) in [5.41, 5.74) is 1.95. The number of rotatable bonds is 6. The van der Waals surface area contributed by atoms with Gasteiger partial charge in [0.05, 0.1) is 6.61 Å². The van der Waals surface area contributed by atoms with Crippen molar-refractivity contribution in [1.82, 2.24) is 4.90 Å². The first-order chi connectivity index (χ1) is 10.3. The average Bonchev–Trinajstić information content (AvgIpc) is 3.22. The number of ether oxygens (including phenoxy) is 1. The van der Waals surface area contributed by atoms with Gasteiger partial charge < -0.3 is 9.64 Å². The van der Waals surface area contributed by atoms with Gasteiger partial charge in [-0.25, -0.2) is 0 Å². The summed E-state index contributed by atoms with van der Waals surface area (Å²) < 4.78 is 5.42. The van der Waals surface area contributed by atoms with Crippen LogP contribution in [-0.4, -0.2) is 23.5 Å². The number of hydrogen-bond acceptors (Lipinski definition) is 3. The molecule has 110 valence electrons. The summed E-state index contributed by atoms with van der Waals surface area (Å²) in [4.78, 5) is 14.7. The van der Waals surface area contributed by atoms with Crippen LogP contribution < -0.4 is 4.74 Å². The molecule has 1 heterocycles. The first kappa shape index (κ1) is 14.1. The molecule has 0 bridgehead atoms. The van der Waals surface area contributed by atoms with Crippen LogP contribution in [0.4, 0.5) is 0 Å². The van der Waals surface area contributed by atoms with Gasteiger partial charge in [0.25, 0.3) is 5.91 Å². The number of benzene rings is 1. The van der Waals surface area contributed by atoms with Gasteiger partial charge in [0.1, 0.15) is 5.75 Å². The summed E-state index contributed by atoms with van der Waals surface area (Å²) in [6, 6.07) is 9.95. The fourth-order valence-corrected chi connectivity index (χ4v) is 3.02. The highest BCUT2D eigenvalue weighted by Crippen LogP contribution is 2.30. The van der Waals surface area contributed by atoms with Gasteiger partial charge in [-0.15, -0.1) is 0 Å². The van der Waals surface area contributed by atoms with Crippen molar-refractivity contribution in [1.29, 1.82) is 0 Å². The fraction of sp³-hybridized carbons (Fsp3) is 0.353. The smallest absolute Gasteiger partial charge is 0.254 e. The third kappa shape index (κ3) is 3.45. The van der Waals surface area contributed by atoms with Crippen LogP contribution in [0.5, 0.6) is 5.75 Å². The van der Waals surface area contributed by atoms with Crippen molar-refractivity contribution >= 4 is 17.2 Å². The fourth-order valence-electron chi connectivity index (χ4n) is 2.36. The molecule has 0 saturated heterocycles. The van der Waals surface area contributed by atoms with E-state index in [0.29, 0.717) is 19.2 Å². The van der Waals surface area contributed by atoms with E-state index in [0.717, 1.165) is 24.2 Å². The molecule has 1 saturated carbocycles. The van der Waals surface area contributed by atoms with Gasteiger partial charge in [-0.2, -0.15) is 11.3 Å². The maximum absolute atomic E-state index is 12.7. The van der Waals surface area contributed by atoms with Gasteiger partial charge in [0.2, 0.25) is 0 Å². The third-order valence-electron chi connectivity index (χ3n) is 3.59. The molecule has 2 aromatic rings. The first-order valence-electron chi connectivity index (χ1n) is 7.33. The van der Waals surface area contributed by atoms with Gasteiger partial charge in [-0.05, 0) is 66.4 Å². The van der Waals surface area contributed by atoms with Crippen LogP contribution in [0.1, 0.15) is 35.7 Å². The molecule has 0 N–H and O–H groups in total. The lowest BCUT2D eigenvalue weighted by Crippen LogP contribution is -2.32. The molecule has 0 radical (unpaired) electrons. The van der Waals surface area contributed by atoms with Crippen LogP contribution in [0.3, 0.4) is 0 Å². The lowest BCUT2D eigenvalue weighted by molar-refractivity contribution is 0.0730. The summed E-state index contributed by atoms with van der Waals surface area (Å²) in [7, 11) is 0. The molecular formula is C17H19NO2S. The first-order valence-corrected chi connectivity index (χ1v) is 8.27. The zero-order valence-corrected chi connectivity index (χ0v) is 12.9. The zero-order chi connectivity index (χ0) is 14.7.